The average Bonchev–Trinajstić information content (AvgIpc) is 2.84. The average molecular weight is 466 g/mol. The van der Waals surface area contributed by atoms with Gasteiger partial charge in [0.1, 0.15) is 5.56 Å². The molecule has 1 saturated heterocycles. The summed E-state index contributed by atoms with van der Waals surface area (Å²) in [5.41, 5.74) is 2.45. The number of pyridine rings is 1. The number of nitrogens with zero attached hydrogens (tertiary/aromatic N) is 4. The molecule has 0 aliphatic carbocycles. The maximum absolute atomic E-state index is 12.9. The van der Waals surface area contributed by atoms with E-state index < -0.39 is 10.8 Å². The number of rotatable bonds is 7. The van der Waals surface area contributed by atoms with Gasteiger partial charge in [0.05, 0.1) is 16.3 Å². The SMILES string of the molecule is O=C(Nc1ccccc1N1CCN(CCc2ccncc2)CC1)c1ccc(Cl)cc1[N+](=O)[O-]. The van der Waals surface area contributed by atoms with E-state index in [2.05, 4.69) is 20.1 Å². The summed E-state index contributed by atoms with van der Waals surface area (Å²) in [6, 6.07) is 15.6. The molecule has 4 rings (SSSR count). The van der Waals surface area contributed by atoms with E-state index in [-0.39, 0.29) is 16.3 Å². The molecule has 1 fully saturated rings. The van der Waals surface area contributed by atoms with Gasteiger partial charge in [-0.1, -0.05) is 23.7 Å². The molecule has 0 unspecified atom stereocenters. The van der Waals surface area contributed by atoms with Gasteiger partial charge >= 0.3 is 0 Å². The van der Waals surface area contributed by atoms with Crippen LogP contribution in [0, 0.1) is 10.1 Å². The van der Waals surface area contributed by atoms with Crippen LogP contribution in [0.15, 0.2) is 67.0 Å². The maximum atomic E-state index is 12.9. The maximum Gasteiger partial charge on any atom is 0.283 e. The molecule has 170 valence electrons. The second-order valence-electron chi connectivity index (χ2n) is 7.82. The summed E-state index contributed by atoms with van der Waals surface area (Å²) >= 11 is 5.87. The van der Waals surface area contributed by atoms with E-state index in [4.69, 9.17) is 11.6 Å². The van der Waals surface area contributed by atoms with Crippen LogP contribution in [0.4, 0.5) is 17.1 Å². The number of anilines is 2. The summed E-state index contributed by atoms with van der Waals surface area (Å²) in [6.07, 6.45) is 4.61. The molecule has 1 aliphatic rings. The Balaban J connectivity index is 1.41. The normalized spacial score (nSPS) is 14.2. The van der Waals surface area contributed by atoms with E-state index in [1.165, 1.54) is 23.8 Å². The largest absolute Gasteiger partial charge is 0.367 e. The summed E-state index contributed by atoms with van der Waals surface area (Å²) in [6.45, 7) is 4.46. The summed E-state index contributed by atoms with van der Waals surface area (Å²) in [5.74, 6) is -0.540. The van der Waals surface area contributed by atoms with Crippen molar-refractivity contribution in [2.45, 2.75) is 6.42 Å². The molecule has 33 heavy (non-hydrogen) atoms. The van der Waals surface area contributed by atoms with Crippen LogP contribution in [0.25, 0.3) is 0 Å². The van der Waals surface area contributed by atoms with Gasteiger partial charge in [0, 0.05) is 56.2 Å². The number of amides is 1. The van der Waals surface area contributed by atoms with Crippen LogP contribution in [-0.4, -0.2) is 53.4 Å². The first kappa shape index (κ1) is 22.7. The Morgan fingerprint density at radius 2 is 1.79 bits per heavy atom. The number of benzene rings is 2. The van der Waals surface area contributed by atoms with Crippen molar-refractivity contribution in [3.63, 3.8) is 0 Å². The second kappa shape index (κ2) is 10.4. The van der Waals surface area contributed by atoms with Gasteiger partial charge in [0.2, 0.25) is 0 Å². The van der Waals surface area contributed by atoms with Crippen molar-refractivity contribution < 1.29 is 9.72 Å². The number of nitrogens with one attached hydrogen (secondary N) is 1. The van der Waals surface area contributed by atoms with Gasteiger partial charge in [-0.3, -0.25) is 24.8 Å². The van der Waals surface area contributed by atoms with Gasteiger partial charge < -0.3 is 10.2 Å². The van der Waals surface area contributed by atoms with Crippen LogP contribution in [0.3, 0.4) is 0 Å². The molecule has 2 aromatic carbocycles. The van der Waals surface area contributed by atoms with Crippen molar-refractivity contribution in [3.8, 4) is 0 Å². The van der Waals surface area contributed by atoms with E-state index in [0.29, 0.717) is 5.69 Å². The minimum absolute atomic E-state index is 0.0277. The summed E-state index contributed by atoms with van der Waals surface area (Å²) < 4.78 is 0. The molecule has 3 aromatic rings. The van der Waals surface area contributed by atoms with Crippen LogP contribution in [-0.2, 0) is 6.42 Å². The molecule has 1 amide bonds. The number of para-hydroxylation sites is 2. The number of hydrogen-bond donors (Lipinski definition) is 1. The lowest BCUT2D eigenvalue weighted by Gasteiger charge is -2.37. The fourth-order valence-corrected chi connectivity index (χ4v) is 4.11. The topological polar surface area (TPSA) is 91.6 Å². The van der Waals surface area contributed by atoms with Gasteiger partial charge in [0.15, 0.2) is 0 Å². The molecular weight excluding hydrogens is 442 g/mol. The third kappa shape index (κ3) is 5.66. The van der Waals surface area contributed by atoms with E-state index in [1.807, 2.05) is 48.8 Å². The third-order valence-electron chi connectivity index (χ3n) is 5.73. The van der Waals surface area contributed by atoms with E-state index >= 15 is 0 Å². The lowest BCUT2D eigenvalue weighted by Crippen LogP contribution is -2.47. The van der Waals surface area contributed by atoms with Crippen LogP contribution in [0.2, 0.25) is 5.02 Å². The molecule has 2 heterocycles. The number of carbonyl (C=O) groups is 1. The van der Waals surface area contributed by atoms with E-state index in [0.717, 1.165) is 44.8 Å². The van der Waals surface area contributed by atoms with Gasteiger partial charge in [-0.2, -0.15) is 0 Å². The number of halogens is 1. The van der Waals surface area contributed by atoms with Crippen molar-refractivity contribution in [1.29, 1.82) is 0 Å². The highest BCUT2D eigenvalue weighted by atomic mass is 35.5. The van der Waals surface area contributed by atoms with Gasteiger partial charge in [-0.25, -0.2) is 0 Å². The highest BCUT2D eigenvalue weighted by Crippen LogP contribution is 2.29. The number of piperazine rings is 1. The summed E-state index contributed by atoms with van der Waals surface area (Å²) in [4.78, 5) is 32.4. The zero-order valence-corrected chi connectivity index (χ0v) is 18.7. The Bertz CT molecular complexity index is 1130. The van der Waals surface area contributed by atoms with Gasteiger partial charge in [0.25, 0.3) is 11.6 Å². The molecule has 1 aliphatic heterocycles. The number of aromatic nitrogens is 1. The van der Waals surface area contributed by atoms with E-state index in [9.17, 15) is 14.9 Å². The number of carbonyl (C=O) groups excluding carboxylic acids is 1. The molecule has 0 radical (unpaired) electrons. The zero-order chi connectivity index (χ0) is 23.2. The molecule has 0 spiro atoms. The summed E-state index contributed by atoms with van der Waals surface area (Å²) in [5, 5.41) is 14.4. The van der Waals surface area contributed by atoms with Crippen molar-refractivity contribution in [1.82, 2.24) is 9.88 Å². The lowest BCUT2D eigenvalue weighted by molar-refractivity contribution is -0.385. The highest BCUT2D eigenvalue weighted by Gasteiger charge is 2.23. The number of nitro groups is 1. The van der Waals surface area contributed by atoms with Crippen molar-refractivity contribution >= 4 is 34.6 Å². The minimum atomic E-state index is -0.599. The quantitative estimate of drug-likeness (QED) is 0.414. The lowest BCUT2D eigenvalue weighted by atomic mass is 10.1. The second-order valence-corrected chi connectivity index (χ2v) is 8.26. The zero-order valence-electron chi connectivity index (χ0n) is 18.0. The Kier molecular flexibility index (Phi) is 7.16. The molecule has 9 heteroatoms. The van der Waals surface area contributed by atoms with Crippen LogP contribution in [0.1, 0.15) is 15.9 Å². The summed E-state index contributed by atoms with van der Waals surface area (Å²) in [7, 11) is 0. The van der Waals surface area contributed by atoms with Crippen LogP contribution < -0.4 is 10.2 Å². The fourth-order valence-electron chi connectivity index (χ4n) is 3.94. The predicted molar refractivity (Wildman–Crippen MR) is 129 cm³/mol. The first-order chi connectivity index (χ1) is 16.0. The van der Waals surface area contributed by atoms with Crippen molar-refractivity contribution in [2.75, 3.05) is 42.9 Å². The Labute approximate surface area is 197 Å². The molecule has 0 atom stereocenters. The monoisotopic (exact) mass is 465 g/mol. The molecular formula is C24H24ClN5O3. The molecule has 0 bridgehead atoms. The molecule has 1 aromatic heterocycles. The Hall–Kier alpha value is -3.49. The van der Waals surface area contributed by atoms with Crippen LogP contribution >= 0.6 is 11.6 Å². The van der Waals surface area contributed by atoms with Crippen molar-refractivity contribution in [3.05, 3.63) is 93.3 Å². The smallest absolute Gasteiger partial charge is 0.283 e. The standard InChI is InChI=1S/C24H24ClN5O3/c25-19-5-6-20(23(17-19)30(32)33)24(31)27-21-3-1-2-4-22(21)29-15-13-28(14-16-29)12-9-18-7-10-26-11-8-18/h1-8,10-11,17H,9,12-16H2,(H,27,31). The highest BCUT2D eigenvalue weighted by molar-refractivity contribution is 6.31. The molecule has 1 N–H and O–H groups in total. The first-order valence-corrected chi connectivity index (χ1v) is 11.1. The Morgan fingerprint density at radius 3 is 2.52 bits per heavy atom. The van der Waals surface area contributed by atoms with Crippen LogP contribution in [0.5, 0.6) is 0 Å². The Morgan fingerprint density at radius 1 is 1.06 bits per heavy atom. The van der Waals surface area contributed by atoms with Crippen molar-refractivity contribution in [2.24, 2.45) is 0 Å². The van der Waals surface area contributed by atoms with Gasteiger partial charge in [-0.05, 0) is 48.4 Å². The molecule has 8 nitrogen and oxygen atoms in total. The molecule has 0 saturated carbocycles. The predicted octanol–water partition coefficient (Wildman–Crippen LogP) is 4.26. The van der Waals surface area contributed by atoms with Gasteiger partial charge in [-0.15, -0.1) is 0 Å². The number of hydrogen-bond acceptors (Lipinski definition) is 6. The number of nitro benzene ring substituents is 1. The fraction of sp³-hybridized carbons (Fsp3) is 0.250. The minimum Gasteiger partial charge on any atom is -0.367 e. The van der Waals surface area contributed by atoms with E-state index in [1.54, 1.807) is 0 Å². The third-order valence-corrected chi connectivity index (χ3v) is 5.97. The first-order valence-electron chi connectivity index (χ1n) is 10.7.